The summed E-state index contributed by atoms with van der Waals surface area (Å²) in [4.78, 5) is 12.2. The number of benzene rings is 2. The molecule has 3 N–H and O–H groups in total. The lowest BCUT2D eigenvalue weighted by Crippen LogP contribution is -2.12. The molecule has 0 radical (unpaired) electrons. The Morgan fingerprint density at radius 2 is 1.90 bits per heavy atom. The minimum atomic E-state index is -0.312. The molecular formula is C15H14Cl2N2O2. The summed E-state index contributed by atoms with van der Waals surface area (Å²) in [5.41, 5.74) is 7.88. The Hall–Kier alpha value is -1.75. The monoisotopic (exact) mass is 324 g/mol. The number of nitrogens with two attached hydrogens (primary N) is 1. The lowest BCUT2D eigenvalue weighted by atomic mass is 10.1. The second-order valence-electron chi connectivity index (χ2n) is 4.44. The topological polar surface area (TPSA) is 64.3 Å². The molecule has 0 heterocycles. The molecule has 2 aromatic rings. The number of carbonyl (C=O) groups excluding carboxylic acids is 1. The van der Waals surface area contributed by atoms with Crippen molar-refractivity contribution in [2.24, 2.45) is 0 Å². The van der Waals surface area contributed by atoms with E-state index in [2.05, 4.69) is 5.32 Å². The van der Waals surface area contributed by atoms with E-state index in [4.69, 9.17) is 33.7 Å². The van der Waals surface area contributed by atoms with E-state index in [0.29, 0.717) is 17.9 Å². The Bertz CT molecular complexity index is 651. The molecule has 2 rings (SSSR count). The minimum absolute atomic E-state index is 0.251. The van der Waals surface area contributed by atoms with Crippen LogP contribution < -0.4 is 11.1 Å². The zero-order valence-corrected chi connectivity index (χ0v) is 12.8. The third-order valence-electron chi connectivity index (χ3n) is 2.84. The van der Waals surface area contributed by atoms with Gasteiger partial charge in [-0.05, 0) is 29.8 Å². The predicted octanol–water partition coefficient (Wildman–Crippen LogP) is 3.97. The maximum atomic E-state index is 12.2. The molecule has 0 aliphatic heterocycles. The molecule has 0 aliphatic rings. The van der Waals surface area contributed by atoms with Gasteiger partial charge in [0.15, 0.2) is 0 Å². The molecule has 0 aliphatic carbocycles. The van der Waals surface area contributed by atoms with Gasteiger partial charge in [0.2, 0.25) is 0 Å². The van der Waals surface area contributed by atoms with Gasteiger partial charge in [0.05, 0.1) is 22.3 Å². The molecule has 0 saturated carbocycles. The molecule has 0 bridgehead atoms. The lowest BCUT2D eigenvalue weighted by Gasteiger charge is -2.09. The van der Waals surface area contributed by atoms with Gasteiger partial charge >= 0.3 is 0 Å². The molecule has 0 atom stereocenters. The minimum Gasteiger partial charge on any atom is -0.396 e. The van der Waals surface area contributed by atoms with Crippen LogP contribution in [0.3, 0.4) is 0 Å². The van der Waals surface area contributed by atoms with Crippen LogP contribution in [0.2, 0.25) is 10.0 Å². The predicted molar refractivity (Wildman–Crippen MR) is 86.0 cm³/mol. The van der Waals surface area contributed by atoms with Crippen LogP contribution in [0.1, 0.15) is 15.9 Å². The molecule has 1 amide bonds. The van der Waals surface area contributed by atoms with Gasteiger partial charge in [-0.25, -0.2) is 0 Å². The second-order valence-corrected chi connectivity index (χ2v) is 5.26. The summed E-state index contributed by atoms with van der Waals surface area (Å²) < 4.78 is 5.06. The molecule has 110 valence electrons. The SMILES string of the molecule is COCc1cccc(NC(=O)c2cc(Cl)c(N)c(Cl)c2)c1. The largest absolute Gasteiger partial charge is 0.396 e. The first-order chi connectivity index (χ1) is 10.0. The standard InChI is InChI=1S/C15H14Cl2N2O2/c1-21-8-9-3-2-4-11(5-9)19-15(20)10-6-12(16)14(18)13(17)7-10/h2-7H,8,18H2,1H3,(H,19,20). The Kier molecular flexibility index (Phi) is 5.07. The van der Waals surface area contributed by atoms with Crippen molar-refractivity contribution in [2.45, 2.75) is 6.61 Å². The fourth-order valence-electron chi connectivity index (χ4n) is 1.82. The molecule has 0 spiro atoms. The fourth-order valence-corrected chi connectivity index (χ4v) is 2.31. The normalized spacial score (nSPS) is 10.4. The van der Waals surface area contributed by atoms with Crippen LogP contribution >= 0.6 is 23.2 Å². The molecule has 0 unspecified atom stereocenters. The fraction of sp³-hybridized carbons (Fsp3) is 0.133. The van der Waals surface area contributed by atoms with Crippen molar-refractivity contribution in [3.63, 3.8) is 0 Å². The average molecular weight is 325 g/mol. The maximum absolute atomic E-state index is 12.2. The zero-order chi connectivity index (χ0) is 15.4. The summed E-state index contributed by atoms with van der Waals surface area (Å²) >= 11 is 11.9. The van der Waals surface area contributed by atoms with E-state index in [0.717, 1.165) is 5.56 Å². The van der Waals surface area contributed by atoms with Crippen LogP contribution in [0, 0.1) is 0 Å². The summed E-state index contributed by atoms with van der Waals surface area (Å²) in [5, 5.41) is 3.28. The first kappa shape index (κ1) is 15.6. The highest BCUT2D eigenvalue weighted by Crippen LogP contribution is 2.29. The number of rotatable bonds is 4. The van der Waals surface area contributed by atoms with Crippen LogP contribution in [0.5, 0.6) is 0 Å². The molecule has 0 aromatic heterocycles. The van der Waals surface area contributed by atoms with Crippen LogP contribution in [0.15, 0.2) is 36.4 Å². The molecule has 0 saturated heterocycles. The number of anilines is 2. The molecule has 0 fully saturated rings. The van der Waals surface area contributed by atoms with Crippen molar-refractivity contribution < 1.29 is 9.53 Å². The van der Waals surface area contributed by atoms with E-state index in [1.165, 1.54) is 12.1 Å². The summed E-state index contributed by atoms with van der Waals surface area (Å²) in [6.45, 7) is 0.475. The van der Waals surface area contributed by atoms with Gasteiger partial charge in [-0.15, -0.1) is 0 Å². The van der Waals surface area contributed by atoms with Crippen LogP contribution in [0.25, 0.3) is 0 Å². The first-order valence-corrected chi connectivity index (χ1v) is 6.90. The molecular weight excluding hydrogens is 311 g/mol. The summed E-state index contributed by atoms with van der Waals surface area (Å²) in [5.74, 6) is -0.312. The van der Waals surface area contributed by atoms with Crippen molar-refractivity contribution in [3.8, 4) is 0 Å². The number of ether oxygens (including phenoxy) is 1. The van der Waals surface area contributed by atoms with Gasteiger partial charge in [-0.1, -0.05) is 35.3 Å². The van der Waals surface area contributed by atoms with Gasteiger partial charge in [-0.2, -0.15) is 0 Å². The van der Waals surface area contributed by atoms with Crippen molar-refractivity contribution in [3.05, 3.63) is 57.6 Å². The summed E-state index contributed by atoms with van der Waals surface area (Å²) in [7, 11) is 1.61. The van der Waals surface area contributed by atoms with Gasteiger partial charge in [0.1, 0.15) is 0 Å². The van der Waals surface area contributed by atoms with Crippen LogP contribution in [-0.4, -0.2) is 13.0 Å². The number of hydrogen-bond acceptors (Lipinski definition) is 3. The number of nitrogens with one attached hydrogen (secondary N) is 1. The highest BCUT2D eigenvalue weighted by Gasteiger charge is 2.11. The zero-order valence-electron chi connectivity index (χ0n) is 11.3. The van der Waals surface area contributed by atoms with Crippen LogP contribution in [-0.2, 0) is 11.3 Å². The third kappa shape index (κ3) is 3.88. The second kappa shape index (κ2) is 6.80. The summed E-state index contributed by atoms with van der Waals surface area (Å²) in [6, 6.07) is 10.3. The van der Waals surface area contributed by atoms with Crippen LogP contribution in [0.4, 0.5) is 11.4 Å². The van der Waals surface area contributed by atoms with E-state index in [-0.39, 0.29) is 21.6 Å². The number of nitrogen functional groups attached to an aromatic ring is 1. The van der Waals surface area contributed by atoms with Crippen molar-refractivity contribution in [1.82, 2.24) is 0 Å². The van der Waals surface area contributed by atoms with Gasteiger partial charge in [0.25, 0.3) is 5.91 Å². The molecule has 4 nitrogen and oxygen atoms in total. The smallest absolute Gasteiger partial charge is 0.255 e. The van der Waals surface area contributed by atoms with E-state index in [1.54, 1.807) is 13.2 Å². The van der Waals surface area contributed by atoms with E-state index >= 15 is 0 Å². The highest BCUT2D eigenvalue weighted by atomic mass is 35.5. The molecule has 2 aromatic carbocycles. The Balaban J connectivity index is 2.20. The van der Waals surface area contributed by atoms with Gasteiger partial charge < -0.3 is 15.8 Å². The number of halogens is 2. The van der Waals surface area contributed by atoms with Crippen molar-refractivity contribution in [2.75, 3.05) is 18.2 Å². The average Bonchev–Trinajstić information content (AvgIpc) is 2.45. The first-order valence-electron chi connectivity index (χ1n) is 6.15. The number of carbonyl (C=O) groups is 1. The Morgan fingerprint density at radius 3 is 2.52 bits per heavy atom. The Morgan fingerprint density at radius 1 is 1.24 bits per heavy atom. The number of hydrogen-bond donors (Lipinski definition) is 2. The maximum Gasteiger partial charge on any atom is 0.255 e. The quantitative estimate of drug-likeness (QED) is 0.836. The molecule has 21 heavy (non-hydrogen) atoms. The number of methoxy groups -OCH3 is 1. The van der Waals surface area contributed by atoms with E-state index < -0.39 is 0 Å². The molecule has 6 heteroatoms. The lowest BCUT2D eigenvalue weighted by molar-refractivity contribution is 0.102. The Labute approximate surface area is 132 Å². The highest BCUT2D eigenvalue weighted by molar-refractivity contribution is 6.39. The number of amides is 1. The van der Waals surface area contributed by atoms with Crippen molar-refractivity contribution in [1.29, 1.82) is 0 Å². The third-order valence-corrected chi connectivity index (χ3v) is 3.46. The van der Waals surface area contributed by atoms with E-state index in [9.17, 15) is 4.79 Å². The van der Waals surface area contributed by atoms with E-state index in [1.807, 2.05) is 18.2 Å². The summed E-state index contributed by atoms with van der Waals surface area (Å²) in [6.07, 6.45) is 0. The van der Waals surface area contributed by atoms with Crippen molar-refractivity contribution >= 4 is 40.5 Å². The van der Waals surface area contributed by atoms with Gasteiger partial charge in [0, 0.05) is 18.4 Å². The van der Waals surface area contributed by atoms with Gasteiger partial charge in [-0.3, -0.25) is 4.79 Å².